The molecular weight excluding hydrogens is 477 g/mol. The van der Waals surface area contributed by atoms with Crippen molar-refractivity contribution in [3.63, 3.8) is 0 Å². The van der Waals surface area contributed by atoms with Crippen LogP contribution < -0.4 is 10.1 Å². The van der Waals surface area contributed by atoms with Gasteiger partial charge in [0.25, 0.3) is 5.91 Å². The number of nitrogens with zero attached hydrogens (tertiary/aromatic N) is 2. The van der Waals surface area contributed by atoms with Crippen LogP contribution in [0.3, 0.4) is 0 Å². The summed E-state index contributed by atoms with van der Waals surface area (Å²) in [6.45, 7) is 3.98. The number of amides is 1. The third-order valence-corrected chi connectivity index (χ3v) is 5.27. The summed E-state index contributed by atoms with van der Waals surface area (Å²) in [5, 5.41) is 12.3. The van der Waals surface area contributed by atoms with Gasteiger partial charge in [0.05, 0.1) is 7.11 Å². The molecule has 0 saturated heterocycles. The van der Waals surface area contributed by atoms with Crippen molar-refractivity contribution in [1.29, 1.82) is 5.26 Å². The molecule has 0 spiro atoms. The third-order valence-electron chi connectivity index (χ3n) is 4.55. The standard InChI is InChI=1S/C23H20IN3O2/c1-15-11-17(16(2)27(15)21-9-7-19(24)8-10-21)12-18(14-25)23(28)26-20-5-4-6-22(13-20)29-3/h4-13H,1-3H3,(H,26,28)/b18-12-. The van der Waals surface area contributed by atoms with Crippen LogP contribution in [0.1, 0.15) is 17.0 Å². The molecule has 0 radical (unpaired) electrons. The number of carbonyl (C=O) groups excluding carboxylic acids is 1. The van der Waals surface area contributed by atoms with Gasteiger partial charge in [0.2, 0.25) is 0 Å². The number of carbonyl (C=O) groups is 1. The van der Waals surface area contributed by atoms with Crippen LogP contribution in [-0.4, -0.2) is 17.6 Å². The minimum absolute atomic E-state index is 0.0377. The van der Waals surface area contributed by atoms with E-state index in [0.717, 1.165) is 26.2 Å². The van der Waals surface area contributed by atoms with Crippen molar-refractivity contribution in [2.24, 2.45) is 0 Å². The minimum atomic E-state index is -0.458. The van der Waals surface area contributed by atoms with E-state index in [-0.39, 0.29) is 5.57 Å². The second kappa shape index (κ2) is 8.97. The van der Waals surface area contributed by atoms with Gasteiger partial charge in [-0.2, -0.15) is 5.26 Å². The van der Waals surface area contributed by atoms with Crippen LogP contribution in [-0.2, 0) is 4.79 Å². The summed E-state index contributed by atoms with van der Waals surface area (Å²) in [4.78, 5) is 12.6. The van der Waals surface area contributed by atoms with Crippen LogP contribution in [0, 0.1) is 28.7 Å². The number of aryl methyl sites for hydroxylation is 1. The van der Waals surface area contributed by atoms with Crippen molar-refractivity contribution in [2.75, 3.05) is 12.4 Å². The Hall–Kier alpha value is -3.05. The van der Waals surface area contributed by atoms with Gasteiger partial charge >= 0.3 is 0 Å². The average molecular weight is 497 g/mol. The highest BCUT2D eigenvalue weighted by Gasteiger charge is 2.14. The lowest BCUT2D eigenvalue weighted by Crippen LogP contribution is -2.13. The Labute approximate surface area is 183 Å². The van der Waals surface area contributed by atoms with Crippen molar-refractivity contribution < 1.29 is 9.53 Å². The predicted octanol–water partition coefficient (Wildman–Crippen LogP) is 5.25. The smallest absolute Gasteiger partial charge is 0.266 e. The van der Waals surface area contributed by atoms with E-state index in [1.165, 1.54) is 0 Å². The van der Waals surface area contributed by atoms with E-state index in [1.807, 2.05) is 38.1 Å². The molecule has 2 aromatic carbocycles. The van der Waals surface area contributed by atoms with Crippen LogP contribution in [0.5, 0.6) is 5.75 Å². The number of aromatic nitrogens is 1. The van der Waals surface area contributed by atoms with E-state index >= 15 is 0 Å². The molecule has 0 bridgehead atoms. The molecule has 1 amide bonds. The molecule has 6 heteroatoms. The normalized spacial score (nSPS) is 11.1. The SMILES string of the molecule is COc1cccc(NC(=O)/C(C#N)=C\c2cc(C)n(-c3ccc(I)cc3)c2C)c1. The summed E-state index contributed by atoms with van der Waals surface area (Å²) in [5.41, 5.74) is 4.47. The van der Waals surface area contributed by atoms with Crippen LogP contribution in [0.15, 0.2) is 60.2 Å². The minimum Gasteiger partial charge on any atom is -0.497 e. The molecule has 5 nitrogen and oxygen atoms in total. The van der Waals surface area contributed by atoms with Gasteiger partial charge in [0.15, 0.2) is 0 Å². The first-order chi connectivity index (χ1) is 13.9. The first-order valence-electron chi connectivity index (χ1n) is 8.95. The van der Waals surface area contributed by atoms with Gasteiger partial charge in [-0.3, -0.25) is 4.79 Å². The van der Waals surface area contributed by atoms with Gasteiger partial charge in [-0.25, -0.2) is 0 Å². The maximum absolute atomic E-state index is 12.6. The number of rotatable bonds is 5. The number of anilines is 1. The third kappa shape index (κ3) is 4.69. The first kappa shape index (κ1) is 20.7. The lowest BCUT2D eigenvalue weighted by Gasteiger charge is -2.10. The summed E-state index contributed by atoms with van der Waals surface area (Å²) in [5.74, 6) is 0.172. The Bertz CT molecular complexity index is 1120. The summed E-state index contributed by atoms with van der Waals surface area (Å²) in [6, 6.07) is 19.2. The molecule has 0 aliphatic heterocycles. The number of nitrogens with one attached hydrogen (secondary N) is 1. The topological polar surface area (TPSA) is 67.0 Å². The number of ether oxygens (including phenoxy) is 1. The lowest BCUT2D eigenvalue weighted by molar-refractivity contribution is -0.112. The van der Waals surface area contributed by atoms with Gasteiger partial charge in [-0.1, -0.05) is 6.07 Å². The summed E-state index contributed by atoms with van der Waals surface area (Å²) in [7, 11) is 1.56. The molecular formula is C23H20IN3O2. The largest absolute Gasteiger partial charge is 0.497 e. The highest BCUT2D eigenvalue weighted by atomic mass is 127. The van der Waals surface area contributed by atoms with Crippen LogP contribution in [0.2, 0.25) is 0 Å². The van der Waals surface area contributed by atoms with Gasteiger partial charge in [-0.05, 0) is 90.5 Å². The molecule has 3 aromatic rings. The van der Waals surface area contributed by atoms with Crippen molar-refractivity contribution in [2.45, 2.75) is 13.8 Å². The number of methoxy groups -OCH3 is 1. The Kier molecular flexibility index (Phi) is 6.39. The highest BCUT2D eigenvalue weighted by Crippen LogP contribution is 2.24. The van der Waals surface area contributed by atoms with E-state index in [0.29, 0.717) is 11.4 Å². The van der Waals surface area contributed by atoms with Crippen molar-refractivity contribution >= 4 is 40.3 Å². The van der Waals surface area contributed by atoms with Crippen LogP contribution in [0.4, 0.5) is 5.69 Å². The molecule has 0 unspecified atom stereocenters. The molecule has 0 aliphatic carbocycles. The molecule has 0 atom stereocenters. The molecule has 0 fully saturated rings. The second-order valence-corrected chi connectivity index (χ2v) is 7.74. The van der Waals surface area contributed by atoms with E-state index in [1.54, 1.807) is 37.5 Å². The number of halogens is 1. The Morgan fingerprint density at radius 1 is 1.17 bits per heavy atom. The fourth-order valence-electron chi connectivity index (χ4n) is 3.12. The zero-order valence-corrected chi connectivity index (χ0v) is 18.5. The zero-order chi connectivity index (χ0) is 21.0. The predicted molar refractivity (Wildman–Crippen MR) is 123 cm³/mol. The molecule has 146 valence electrons. The summed E-state index contributed by atoms with van der Waals surface area (Å²) < 4.78 is 8.44. The molecule has 0 saturated carbocycles. The molecule has 0 aliphatic rings. The van der Waals surface area contributed by atoms with E-state index in [9.17, 15) is 10.1 Å². The number of benzene rings is 2. The number of nitriles is 1. The summed E-state index contributed by atoms with van der Waals surface area (Å²) in [6.07, 6.45) is 1.63. The molecule has 29 heavy (non-hydrogen) atoms. The fourth-order valence-corrected chi connectivity index (χ4v) is 3.48. The summed E-state index contributed by atoms with van der Waals surface area (Å²) >= 11 is 2.27. The Balaban J connectivity index is 1.91. The molecule has 1 aromatic heterocycles. The molecule has 1 heterocycles. The van der Waals surface area contributed by atoms with Crippen LogP contribution in [0.25, 0.3) is 11.8 Å². The highest BCUT2D eigenvalue weighted by molar-refractivity contribution is 14.1. The van der Waals surface area contributed by atoms with Crippen molar-refractivity contribution in [1.82, 2.24) is 4.57 Å². The van der Waals surface area contributed by atoms with Gasteiger partial charge in [0, 0.05) is 32.4 Å². The number of hydrogen-bond donors (Lipinski definition) is 1. The maximum Gasteiger partial charge on any atom is 0.266 e. The Morgan fingerprint density at radius 2 is 1.90 bits per heavy atom. The van der Waals surface area contributed by atoms with Crippen molar-refractivity contribution in [3.05, 3.63) is 80.7 Å². The number of hydrogen-bond acceptors (Lipinski definition) is 3. The van der Waals surface area contributed by atoms with Gasteiger partial charge < -0.3 is 14.6 Å². The van der Waals surface area contributed by atoms with Gasteiger partial charge in [-0.15, -0.1) is 0 Å². The average Bonchev–Trinajstić information content (AvgIpc) is 3.00. The van der Waals surface area contributed by atoms with Crippen LogP contribution >= 0.6 is 22.6 Å². The zero-order valence-electron chi connectivity index (χ0n) is 16.4. The van der Waals surface area contributed by atoms with E-state index in [4.69, 9.17) is 4.74 Å². The fraction of sp³-hybridized carbons (Fsp3) is 0.130. The molecule has 3 rings (SSSR count). The first-order valence-corrected chi connectivity index (χ1v) is 10.0. The monoisotopic (exact) mass is 497 g/mol. The molecule has 1 N–H and O–H groups in total. The lowest BCUT2D eigenvalue weighted by atomic mass is 10.1. The van der Waals surface area contributed by atoms with E-state index in [2.05, 4.69) is 44.6 Å². The van der Waals surface area contributed by atoms with E-state index < -0.39 is 5.91 Å². The maximum atomic E-state index is 12.6. The second-order valence-electron chi connectivity index (χ2n) is 6.49. The van der Waals surface area contributed by atoms with Gasteiger partial charge in [0.1, 0.15) is 17.4 Å². The quantitative estimate of drug-likeness (QED) is 0.298. The van der Waals surface area contributed by atoms with Crippen molar-refractivity contribution in [3.8, 4) is 17.5 Å². The Morgan fingerprint density at radius 3 is 2.55 bits per heavy atom.